The van der Waals surface area contributed by atoms with Gasteiger partial charge < -0.3 is 0 Å². The molecule has 0 amide bonds. The highest BCUT2D eigenvalue weighted by Crippen LogP contribution is 2.24. The summed E-state index contributed by atoms with van der Waals surface area (Å²) in [6, 6.07) is 5.57. The van der Waals surface area contributed by atoms with Crippen LogP contribution >= 0.6 is 11.3 Å². The number of thiophene rings is 1. The minimum atomic E-state index is -3.27. The zero-order valence-electron chi connectivity index (χ0n) is 9.30. The van der Waals surface area contributed by atoms with E-state index >= 15 is 0 Å². The Balaban J connectivity index is 2.15. The van der Waals surface area contributed by atoms with Crippen molar-refractivity contribution < 1.29 is 8.42 Å². The van der Waals surface area contributed by atoms with Crippen LogP contribution in [0.1, 0.15) is 13.3 Å². The Morgan fingerprint density at radius 3 is 3.00 bits per heavy atom. The Morgan fingerprint density at radius 1 is 1.53 bits per heavy atom. The Hall–Kier alpha value is -1.34. The molecule has 0 aliphatic heterocycles. The van der Waals surface area contributed by atoms with Crippen LogP contribution in [0.4, 0.5) is 5.82 Å². The van der Waals surface area contributed by atoms with Crippen LogP contribution in [0.3, 0.4) is 0 Å². The third-order valence-electron chi connectivity index (χ3n) is 2.10. The molecule has 0 spiro atoms. The van der Waals surface area contributed by atoms with Crippen molar-refractivity contribution >= 4 is 27.2 Å². The lowest BCUT2D eigenvalue weighted by Gasteiger charge is -2.01. The fraction of sp³-hybridized carbons (Fsp3) is 0.300. The van der Waals surface area contributed by atoms with E-state index in [1.54, 1.807) is 17.4 Å². The van der Waals surface area contributed by atoms with Gasteiger partial charge in [-0.2, -0.15) is 5.10 Å². The number of aromatic nitrogens is 2. The summed E-state index contributed by atoms with van der Waals surface area (Å²) in [5.74, 6) is 0.440. The molecule has 92 valence electrons. The average molecular weight is 271 g/mol. The summed E-state index contributed by atoms with van der Waals surface area (Å²) < 4.78 is 25.5. The molecule has 2 aromatic heterocycles. The van der Waals surface area contributed by atoms with Crippen molar-refractivity contribution in [1.82, 2.24) is 10.2 Å². The van der Waals surface area contributed by atoms with E-state index in [2.05, 4.69) is 14.9 Å². The van der Waals surface area contributed by atoms with Gasteiger partial charge >= 0.3 is 0 Å². The third-order valence-corrected chi connectivity index (χ3v) is 4.47. The molecule has 2 aromatic rings. The smallest absolute Gasteiger partial charge is 0.233 e. The van der Waals surface area contributed by atoms with Gasteiger partial charge in [-0.05, 0) is 17.9 Å². The summed E-state index contributed by atoms with van der Waals surface area (Å²) in [6.07, 6.45) is 0.581. The molecule has 17 heavy (non-hydrogen) atoms. The topological polar surface area (TPSA) is 74.8 Å². The molecule has 0 aromatic carbocycles. The summed E-state index contributed by atoms with van der Waals surface area (Å²) in [4.78, 5) is 1.03. The maximum atomic E-state index is 11.5. The van der Waals surface area contributed by atoms with E-state index in [-0.39, 0.29) is 5.75 Å². The number of nitrogens with one attached hydrogen (secondary N) is 2. The Kier molecular flexibility index (Phi) is 3.49. The highest BCUT2D eigenvalue weighted by Gasteiger charge is 2.11. The zero-order valence-corrected chi connectivity index (χ0v) is 10.9. The van der Waals surface area contributed by atoms with Crippen LogP contribution in [0.5, 0.6) is 0 Å². The molecule has 0 saturated heterocycles. The van der Waals surface area contributed by atoms with Gasteiger partial charge in [-0.15, -0.1) is 11.3 Å². The summed E-state index contributed by atoms with van der Waals surface area (Å²) in [5.41, 5.74) is 0.814. The van der Waals surface area contributed by atoms with Gasteiger partial charge in [0.2, 0.25) is 10.0 Å². The van der Waals surface area contributed by atoms with Crippen LogP contribution in [0.25, 0.3) is 10.6 Å². The molecule has 2 heterocycles. The number of anilines is 1. The molecule has 0 aliphatic carbocycles. The SMILES string of the molecule is CCCS(=O)(=O)Nc1cc(-c2cccs2)[nH]n1. The van der Waals surface area contributed by atoms with Crippen LogP contribution < -0.4 is 4.72 Å². The van der Waals surface area contributed by atoms with Crippen molar-refractivity contribution in [2.75, 3.05) is 10.5 Å². The quantitative estimate of drug-likeness (QED) is 0.876. The van der Waals surface area contributed by atoms with E-state index < -0.39 is 10.0 Å². The van der Waals surface area contributed by atoms with E-state index in [0.717, 1.165) is 10.6 Å². The molecule has 5 nitrogen and oxygen atoms in total. The summed E-state index contributed by atoms with van der Waals surface area (Å²) in [7, 11) is -3.27. The first-order chi connectivity index (χ1) is 8.11. The molecule has 0 unspecified atom stereocenters. The summed E-state index contributed by atoms with van der Waals surface area (Å²) in [5, 5.41) is 8.69. The van der Waals surface area contributed by atoms with Crippen molar-refractivity contribution in [2.45, 2.75) is 13.3 Å². The molecule has 7 heteroatoms. The lowest BCUT2D eigenvalue weighted by Crippen LogP contribution is -2.16. The predicted octanol–water partition coefficient (Wildman–Crippen LogP) is 2.29. The van der Waals surface area contributed by atoms with Gasteiger partial charge in [0.05, 0.1) is 16.3 Å². The lowest BCUT2D eigenvalue weighted by atomic mass is 10.3. The minimum Gasteiger partial charge on any atom is -0.275 e. The maximum absolute atomic E-state index is 11.5. The van der Waals surface area contributed by atoms with E-state index in [1.165, 1.54) is 0 Å². The number of aromatic amines is 1. The molecule has 0 radical (unpaired) electrons. The van der Waals surface area contributed by atoms with E-state index in [1.807, 2.05) is 24.4 Å². The number of hydrogen-bond donors (Lipinski definition) is 2. The zero-order chi connectivity index (χ0) is 12.3. The van der Waals surface area contributed by atoms with Crippen LogP contribution in [-0.4, -0.2) is 24.4 Å². The van der Waals surface area contributed by atoms with Crippen molar-refractivity contribution in [3.63, 3.8) is 0 Å². The van der Waals surface area contributed by atoms with Gasteiger partial charge in [-0.3, -0.25) is 9.82 Å². The number of nitrogens with zero attached hydrogens (tertiary/aromatic N) is 1. The molecule has 0 atom stereocenters. The van der Waals surface area contributed by atoms with Crippen molar-refractivity contribution in [1.29, 1.82) is 0 Å². The van der Waals surface area contributed by atoms with Crippen molar-refractivity contribution in [3.05, 3.63) is 23.6 Å². The molecule has 0 fully saturated rings. The van der Waals surface area contributed by atoms with Gasteiger partial charge in [-0.1, -0.05) is 13.0 Å². The van der Waals surface area contributed by atoms with Crippen LogP contribution in [0, 0.1) is 0 Å². The molecule has 2 rings (SSSR count). The van der Waals surface area contributed by atoms with Gasteiger partial charge in [0.1, 0.15) is 0 Å². The van der Waals surface area contributed by atoms with Gasteiger partial charge in [0, 0.05) is 6.07 Å². The average Bonchev–Trinajstić information content (AvgIpc) is 2.85. The third kappa shape index (κ3) is 3.07. The first-order valence-corrected chi connectivity index (χ1v) is 7.73. The summed E-state index contributed by atoms with van der Waals surface area (Å²) >= 11 is 1.57. The second kappa shape index (κ2) is 4.89. The Bertz CT molecular complexity index is 572. The Labute approximate surface area is 104 Å². The highest BCUT2D eigenvalue weighted by molar-refractivity contribution is 7.92. The van der Waals surface area contributed by atoms with E-state index in [0.29, 0.717) is 12.2 Å². The fourth-order valence-corrected chi connectivity index (χ4v) is 3.17. The molecule has 0 aliphatic rings. The van der Waals surface area contributed by atoms with Crippen LogP contribution in [-0.2, 0) is 10.0 Å². The van der Waals surface area contributed by atoms with Crippen LogP contribution in [0.15, 0.2) is 23.6 Å². The maximum Gasteiger partial charge on any atom is 0.233 e. The standard InChI is InChI=1S/C10H13N3O2S2/c1-2-6-17(14,15)13-10-7-8(11-12-10)9-4-3-5-16-9/h3-5,7H,2,6H2,1H3,(H2,11,12,13). The number of H-pyrrole nitrogens is 1. The Morgan fingerprint density at radius 2 is 2.35 bits per heavy atom. The van der Waals surface area contributed by atoms with E-state index in [4.69, 9.17) is 0 Å². The van der Waals surface area contributed by atoms with Gasteiger partial charge in [-0.25, -0.2) is 8.42 Å². The first kappa shape index (κ1) is 12.1. The van der Waals surface area contributed by atoms with E-state index in [9.17, 15) is 8.42 Å². The highest BCUT2D eigenvalue weighted by atomic mass is 32.2. The first-order valence-electron chi connectivity index (χ1n) is 5.20. The lowest BCUT2D eigenvalue weighted by molar-refractivity contribution is 0.599. The fourth-order valence-electron chi connectivity index (χ4n) is 1.41. The molecular formula is C10H13N3O2S2. The van der Waals surface area contributed by atoms with Gasteiger partial charge in [0.15, 0.2) is 5.82 Å². The molecular weight excluding hydrogens is 258 g/mol. The van der Waals surface area contributed by atoms with Crippen molar-refractivity contribution in [3.8, 4) is 10.6 Å². The normalized spacial score (nSPS) is 11.6. The predicted molar refractivity (Wildman–Crippen MR) is 69.6 cm³/mol. The monoisotopic (exact) mass is 271 g/mol. The molecule has 2 N–H and O–H groups in total. The van der Waals surface area contributed by atoms with Gasteiger partial charge in [0.25, 0.3) is 0 Å². The second-order valence-electron chi connectivity index (χ2n) is 3.57. The second-order valence-corrected chi connectivity index (χ2v) is 6.35. The summed E-state index contributed by atoms with van der Waals surface area (Å²) in [6.45, 7) is 1.82. The minimum absolute atomic E-state index is 0.105. The molecule has 0 saturated carbocycles. The number of sulfonamides is 1. The van der Waals surface area contributed by atoms with Crippen molar-refractivity contribution in [2.24, 2.45) is 0 Å². The number of rotatable bonds is 5. The molecule has 0 bridgehead atoms. The largest absolute Gasteiger partial charge is 0.275 e. The van der Waals surface area contributed by atoms with Crippen LogP contribution in [0.2, 0.25) is 0 Å². The number of hydrogen-bond acceptors (Lipinski definition) is 4.